The first kappa shape index (κ1) is 15.1. The summed E-state index contributed by atoms with van der Waals surface area (Å²) in [6.07, 6.45) is 5.96. The number of nitrogens with zero attached hydrogens (tertiary/aromatic N) is 2. The van der Waals surface area contributed by atoms with E-state index in [-0.39, 0.29) is 5.91 Å². The van der Waals surface area contributed by atoms with Gasteiger partial charge in [0.15, 0.2) is 0 Å². The van der Waals surface area contributed by atoms with Gasteiger partial charge < -0.3 is 9.88 Å². The fourth-order valence-electron chi connectivity index (χ4n) is 3.53. The fraction of sp³-hybridized carbons (Fsp3) is 0.556. The van der Waals surface area contributed by atoms with E-state index in [0.29, 0.717) is 17.6 Å². The van der Waals surface area contributed by atoms with Crippen molar-refractivity contribution >= 4 is 16.9 Å². The first-order valence-electron chi connectivity index (χ1n) is 8.35. The quantitative estimate of drug-likeness (QED) is 0.931. The zero-order chi connectivity index (χ0) is 15.7. The molecule has 0 aliphatic heterocycles. The molecule has 4 heteroatoms. The van der Waals surface area contributed by atoms with E-state index in [2.05, 4.69) is 28.7 Å². The Morgan fingerprint density at radius 1 is 1.27 bits per heavy atom. The largest absolute Gasteiger partial charge is 0.349 e. The van der Waals surface area contributed by atoms with Gasteiger partial charge in [-0.25, -0.2) is 4.98 Å². The molecule has 1 saturated carbocycles. The van der Waals surface area contributed by atoms with Crippen LogP contribution >= 0.6 is 0 Å². The van der Waals surface area contributed by atoms with Gasteiger partial charge in [-0.15, -0.1) is 0 Å². The molecule has 22 heavy (non-hydrogen) atoms. The van der Waals surface area contributed by atoms with Crippen molar-refractivity contribution in [1.29, 1.82) is 0 Å². The zero-order valence-corrected chi connectivity index (χ0v) is 13.7. The Balaban J connectivity index is 1.84. The molecule has 1 fully saturated rings. The third-order valence-electron chi connectivity index (χ3n) is 4.58. The molecule has 1 aliphatic rings. The van der Waals surface area contributed by atoms with Crippen LogP contribution in [0.2, 0.25) is 0 Å². The number of aryl methyl sites for hydroxylation is 1. The molecule has 0 bridgehead atoms. The number of nitrogens with one attached hydrogen (secondary N) is 1. The molecule has 0 radical (unpaired) electrons. The van der Waals surface area contributed by atoms with Crippen LogP contribution in [0.3, 0.4) is 0 Å². The number of imidazole rings is 1. The summed E-state index contributed by atoms with van der Waals surface area (Å²) < 4.78 is 2.21. The zero-order valence-electron chi connectivity index (χ0n) is 13.7. The van der Waals surface area contributed by atoms with Gasteiger partial charge in [-0.1, -0.05) is 19.3 Å². The first-order chi connectivity index (χ1) is 10.6. The van der Waals surface area contributed by atoms with Crippen LogP contribution in [0.25, 0.3) is 11.0 Å². The lowest BCUT2D eigenvalue weighted by atomic mass is 9.95. The predicted molar refractivity (Wildman–Crippen MR) is 89.2 cm³/mol. The highest BCUT2D eigenvalue weighted by Crippen LogP contribution is 2.22. The van der Waals surface area contributed by atoms with Gasteiger partial charge in [0.2, 0.25) is 0 Å². The van der Waals surface area contributed by atoms with E-state index in [1.807, 2.05) is 25.1 Å². The smallest absolute Gasteiger partial charge is 0.251 e. The number of fused-ring (bicyclic) bond motifs is 1. The van der Waals surface area contributed by atoms with Crippen molar-refractivity contribution in [3.8, 4) is 0 Å². The summed E-state index contributed by atoms with van der Waals surface area (Å²) in [7, 11) is 0. The molecule has 2 aromatic rings. The number of aromatic nitrogens is 2. The third kappa shape index (κ3) is 2.87. The molecule has 3 rings (SSSR count). The number of carbonyl (C=O) groups excluding carboxylic acids is 1. The minimum atomic E-state index is 0.0329. The predicted octanol–water partition coefficient (Wildman–Crippen LogP) is 3.99. The maximum Gasteiger partial charge on any atom is 0.251 e. The summed E-state index contributed by atoms with van der Waals surface area (Å²) in [6, 6.07) is 6.56. The van der Waals surface area contributed by atoms with Crippen molar-refractivity contribution in [2.24, 2.45) is 0 Å². The SMILES string of the molecule is Cc1nc2cc(C(=O)NC3CCCCC3)ccc2n1C(C)C. The molecule has 0 atom stereocenters. The summed E-state index contributed by atoms with van der Waals surface area (Å²) in [5.74, 6) is 1.03. The second-order valence-electron chi connectivity index (χ2n) is 6.63. The van der Waals surface area contributed by atoms with E-state index >= 15 is 0 Å². The molecule has 1 aromatic carbocycles. The highest BCUT2D eigenvalue weighted by molar-refractivity contribution is 5.97. The number of benzene rings is 1. The van der Waals surface area contributed by atoms with E-state index in [1.165, 1.54) is 19.3 Å². The molecular weight excluding hydrogens is 274 g/mol. The van der Waals surface area contributed by atoms with Crippen molar-refractivity contribution in [3.05, 3.63) is 29.6 Å². The lowest BCUT2D eigenvalue weighted by Gasteiger charge is -2.22. The van der Waals surface area contributed by atoms with Gasteiger partial charge >= 0.3 is 0 Å². The van der Waals surface area contributed by atoms with Crippen LogP contribution in [-0.2, 0) is 0 Å². The standard InChI is InChI=1S/C18H25N3O/c1-12(2)21-13(3)19-16-11-14(9-10-17(16)21)18(22)20-15-7-5-4-6-8-15/h9-12,15H,4-8H2,1-3H3,(H,20,22). The molecule has 1 N–H and O–H groups in total. The minimum absolute atomic E-state index is 0.0329. The lowest BCUT2D eigenvalue weighted by Crippen LogP contribution is -2.36. The summed E-state index contributed by atoms with van der Waals surface area (Å²) in [5.41, 5.74) is 2.72. The number of hydrogen-bond acceptors (Lipinski definition) is 2. The van der Waals surface area contributed by atoms with Crippen LogP contribution in [0, 0.1) is 6.92 Å². The Labute approximate surface area is 131 Å². The Morgan fingerprint density at radius 2 is 2.00 bits per heavy atom. The van der Waals surface area contributed by atoms with Crippen molar-refractivity contribution in [2.45, 2.75) is 65.0 Å². The Morgan fingerprint density at radius 3 is 2.68 bits per heavy atom. The summed E-state index contributed by atoms with van der Waals surface area (Å²) >= 11 is 0. The molecule has 0 saturated heterocycles. The topological polar surface area (TPSA) is 46.9 Å². The van der Waals surface area contributed by atoms with Gasteiger partial charge in [0.25, 0.3) is 5.91 Å². The fourth-order valence-corrected chi connectivity index (χ4v) is 3.53. The van der Waals surface area contributed by atoms with Crippen molar-refractivity contribution < 1.29 is 4.79 Å². The highest BCUT2D eigenvalue weighted by Gasteiger charge is 2.18. The Bertz CT molecular complexity index is 681. The average molecular weight is 299 g/mol. The normalized spacial score (nSPS) is 16.4. The maximum absolute atomic E-state index is 12.4. The number of carbonyl (C=O) groups is 1. The first-order valence-corrected chi connectivity index (χ1v) is 8.35. The van der Waals surface area contributed by atoms with Crippen molar-refractivity contribution in [2.75, 3.05) is 0 Å². The molecular formula is C18H25N3O. The van der Waals surface area contributed by atoms with E-state index in [9.17, 15) is 4.79 Å². The van der Waals surface area contributed by atoms with Gasteiger partial charge in [0.1, 0.15) is 5.82 Å². The number of rotatable bonds is 3. The van der Waals surface area contributed by atoms with Gasteiger partial charge in [-0.05, 0) is 51.8 Å². The lowest BCUT2D eigenvalue weighted by molar-refractivity contribution is 0.0928. The van der Waals surface area contributed by atoms with Crippen molar-refractivity contribution in [1.82, 2.24) is 14.9 Å². The molecule has 4 nitrogen and oxygen atoms in total. The number of amides is 1. The van der Waals surface area contributed by atoms with Gasteiger partial charge in [0, 0.05) is 17.6 Å². The van der Waals surface area contributed by atoms with E-state index in [0.717, 1.165) is 29.7 Å². The van der Waals surface area contributed by atoms with Crippen LogP contribution in [0.4, 0.5) is 0 Å². The maximum atomic E-state index is 12.4. The molecule has 118 valence electrons. The molecule has 1 heterocycles. The summed E-state index contributed by atoms with van der Waals surface area (Å²) in [4.78, 5) is 17.0. The van der Waals surface area contributed by atoms with Crippen LogP contribution in [-0.4, -0.2) is 21.5 Å². The average Bonchev–Trinajstić information content (AvgIpc) is 2.83. The van der Waals surface area contributed by atoms with Crippen LogP contribution in [0.1, 0.15) is 68.2 Å². The van der Waals surface area contributed by atoms with Gasteiger partial charge in [0.05, 0.1) is 11.0 Å². The molecule has 0 spiro atoms. The Hall–Kier alpha value is -1.84. The van der Waals surface area contributed by atoms with E-state index < -0.39 is 0 Å². The summed E-state index contributed by atoms with van der Waals surface area (Å²) in [5, 5.41) is 3.17. The second-order valence-corrected chi connectivity index (χ2v) is 6.63. The minimum Gasteiger partial charge on any atom is -0.349 e. The van der Waals surface area contributed by atoms with Crippen LogP contribution in [0.15, 0.2) is 18.2 Å². The highest BCUT2D eigenvalue weighted by atomic mass is 16.1. The monoisotopic (exact) mass is 299 g/mol. The molecule has 1 amide bonds. The Kier molecular flexibility index (Phi) is 4.19. The van der Waals surface area contributed by atoms with E-state index in [1.54, 1.807) is 0 Å². The third-order valence-corrected chi connectivity index (χ3v) is 4.58. The van der Waals surface area contributed by atoms with Gasteiger partial charge in [-0.3, -0.25) is 4.79 Å². The van der Waals surface area contributed by atoms with Gasteiger partial charge in [-0.2, -0.15) is 0 Å². The van der Waals surface area contributed by atoms with Crippen LogP contribution < -0.4 is 5.32 Å². The van der Waals surface area contributed by atoms with Crippen molar-refractivity contribution in [3.63, 3.8) is 0 Å². The molecule has 0 unspecified atom stereocenters. The second kappa shape index (κ2) is 6.11. The van der Waals surface area contributed by atoms with Crippen LogP contribution in [0.5, 0.6) is 0 Å². The molecule has 1 aliphatic carbocycles. The molecule has 1 aromatic heterocycles. The van der Waals surface area contributed by atoms with E-state index in [4.69, 9.17) is 0 Å². The number of hydrogen-bond donors (Lipinski definition) is 1. The summed E-state index contributed by atoms with van der Waals surface area (Å²) in [6.45, 7) is 6.32.